The van der Waals surface area contributed by atoms with Gasteiger partial charge in [-0.05, 0) is 39.5 Å². The van der Waals surface area contributed by atoms with E-state index in [0.717, 1.165) is 44.0 Å². The molecule has 8 rings (SSSR count). The molecule has 1 aliphatic heterocycles. The molecule has 7 aromatic rings. The van der Waals surface area contributed by atoms with E-state index in [1.165, 1.54) is 19.4 Å². The van der Waals surface area contributed by atoms with E-state index in [9.17, 15) is 19.5 Å². The fraction of sp³-hybridized carbons (Fsp3) is 0.157. The molecule has 61 heavy (non-hydrogen) atoms. The summed E-state index contributed by atoms with van der Waals surface area (Å²) in [5.41, 5.74) is 0.810. The zero-order valence-electron chi connectivity index (χ0n) is 33.3. The van der Waals surface area contributed by atoms with Gasteiger partial charge in [0.15, 0.2) is 6.23 Å². The van der Waals surface area contributed by atoms with Crippen LogP contribution in [0.25, 0.3) is 6.08 Å². The van der Waals surface area contributed by atoms with Crippen LogP contribution in [0.5, 0.6) is 0 Å². The average molecular weight is 813 g/mol. The maximum Gasteiger partial charge on any atom is 0.330 e. The van der Waals surface area contributed by atoms with Gasteiger partial charge in [-0.15, -0.1) is 0 Å². The second-order valence-corrected chi connectivity index (χ2v) is 14.6. The van der Waals surface area contributed by atoms with Gasteiger partial charge in [-0.25, -0.2) is 9.59 Å². The number of aromatic amines is 1. The first kappa shape index (κ1) is 40.8. The largest absolute Gasteiger partial charge is 0.466 e. The van der Waals surface area contributed by atoms with Crippen molar-refractivity contribution in [1.29, 1.82) is 0 Å². The van der Waals surface area contributed by atoms with Gasteiger partial charge in [-0.2, -0.15) is 0 Å². The van der Waals surface area contributed by atoms with Gasteiger partial charge in [-0.3, -0.25) is 14.3 Å². The summed E-state index contributed by atoms with van der Waals surface area (Å²) in [5.74, 6) is -0.696. The van der Waals surface area contributed by atoms with E-state index in [-0.39, 0.29) is 12.2 Å². The number of aromatic nitrogens is 2. The van der Waals surface area contributed by atoms with Crippen molar-refractivity contribution < 1.29 is 28.8 Å². The second kappa shape index (κ2) is 18.1. The number of ether oxygens (including phenoxy) is 4. The highest BCUT2D eigenvalue weighted by Gasteiger charge is 2.52. The summed E-state index contributed by atoms with van der Waals surface area (Å²) < 4.78 is 27.4. The van der Waals surface area contributed by atoms with Crippen LogP contribution >= 0.6 is 0 Å². The van der Waals surface area contributed by atoms with Crippen LogP contribution in [-0.2, 0) is 34.9 Å². The molecular weight excluding hydrogens is 769 g/mol. The number of esters is 1. The molecule has 0 spiro atoms. The standard InChI is InChI=1S/C51H44N2O8/c1-58-44(54)33-32-36-34-53(49(57)52-47(36)56)48-45(55)46(61-51(40-26-14-5-15-27-40,41-28-16-6-17-29-41)42-30-18-7-19-31-42)43(60-48)35-59-50(37-20-8-2-9-21-37,38-22-10-3-11-23-38)39-24-12-4-13-25-39/h2-34,43,45-46,48,55H,35H2,1H3,(H,52,56,57)/t43-,45-,46-,48-/m1/s1. The Labute approximate surface area is 352 Å². The Morgan fingerprint density at radius 3 is 1.44 bits per heavy atom. The highest BCUT2D eigenvalue weighted by Crippen LogP contribution is 2.46. The molecule has 0 unspecified atom stereocenters. The van der Waals surface area contributed by atoms with Gasteiger partial charge in [-0.1, -0.05) is 182 Å². The van der Waals surface area contributed by atoms with Crippen molar-refractivity contribution in [3.63, 3.8) is 0 Å². The monoisotopic (exact) mass is 812 g/mol. The molecule has 1 aliphatic rings. The van der Waals surface area contributed by atoms with E-state index in [1.807, 2.05) is 182 Å². The van der Waals surface area contributed by atoms with E-state index in [2.05, 4.69) is 4.98 Å². The smallest absolute Gasteiger partial charge is 0.330 e. The summed E-state index contributed by atoms with van der Waals surface area (Å²) in [4.78, 5) is 41.0. The highest BCUT2D eigenvalue weighted by atomic mass is 16.6. The number of methoxy groups -OCH3 is 1. The number of hydrogen-bond acceptors (Lipinski definition) is 8. The van der Waals surface area contributed by atoms with Crippen LogP contribution in [0, 0.1) is 0 Å². The van der Waals surface area contributed by atoms with Gasteiger partial charge in [0, 0.05) is 12.3 Å². The Morgan fingerprint density at radius 1 is 0.656 bits per heavy atom. The Balaban J connectivity index is 1.31. The van der Waals surface area contributed by atoms with Gasteiger partial charge in [0.2, 0.25) is 0 Å². The van der Waals surface area contributed by atoms with E-state index < -0.39 is 53.0 Å². The predicted octanol–water partition coefficient (Wildman–Crippen LogP) is 7.37. The van der Waals surface area contributed by atoms with Crippen LogP contribution in [-0.4, -0.2) is 52.7 Å². The molecule has 10 heteroatoms. The van der Waals surface area contributed by atoms with Crippen molar-refractivity contribution >= 4 is 12.0 Å². The number of hydrogen-bond donors (Lipinski definition) is 2. The molecule has 4 atom stereocenters. The van der Waals surface area contributed by atoms with E-state index in [4.69, 9.17) is 18.9 Å². The fourth-order valence-electron chi connectivity index (χ4n) is 8.17. The SMILES string of the molecule is COC(=O)C=Cc1cn([C@@H]2O[C@H](COC(c3ccccc3)(c3ccccc3)c3ccccc3)[C@@H](OC(c3ccccc3)(c3ccccc3)c3ccccc3)[C@H]2O)c(=O)[nH]c1=O. The van der Waals surface area contributed by atoms with Crippen molar-refractivity contribution in [1.82, 2.24) is 9.55 Å². The van der Waals surface area contributed by atoms with Gasteiger partial charge < -0.3 is 24.1 Å². The molecule has 6 aromatic carbocycles. The van der Waals surface area contributed by atoms with Gasteiger partial charge in [0.25, 0.3) is 5.56 Å². The lowest BCUT2D eigenvalue weighted by atomic mass is 9.79. The number of aliphatic hydroxyl groups excluding tert-OH is 1. The Kier molecular flexibility index (Phi) is 12.1. The van der Waals surface area contributed by atoms with Crippen molar-refractivity contribution in [2.24, 2.45) is 0 Å². The lowest BCUT2D eigenvalue weighted by Crippen LogP contribution is -2.47. The lowest BCUT2D eigenvalue weighted by Gasteiger charge is -2.41. The molecule has 1 fully saturated rings. The minimum atomic E-state index is -1.51. The van der Waals surface area contributed by atoms with Crippen molar-refractivity contribution in [3.05, 3.63) is 254 Å². The minimum absolute atomic E-state index is 0.0404. The number of benzene rings is 6. The number of nitrogens with zero attached hydrogens (tertiary/aromatic N) is 1. The van der Waals surface area contributed by atoms with Crippen LogP contribution in [0.2, 0.25) is 0 Å². The van der Waals surface area contributed by atoms with Crippen LogP contribution < -0.4 is 11.2 Å². The first-order valence-electron chi connectivity index (χ1n) is 19.9. The van der Waals surface area contributed by atoms with E-state index in [1.54, 1.807) is 0 Å². The molecule has 0 radical (unpaired) electrons. The van der Waals surface area contributed by atoms with Crippen molar-refractivity contribution in [2.45, 2.75) is 35.7 Å². The number of H-pyrrole nitrogens is 1. The van der Waals surface area contributed by atoms with Crippen molar-refractivity contribution in [2.75, 3.05) is 13.7 Å². The normalized spacial score (nSPS) is 17.9. The number of carbonyl (C=O) groups excluding carboxylic acids is 1. The third kappa shape index (κ3) is 8.05. The first-order chi connectivity index (χ1) is 29.8. The van der Waals surface area contributed by atoms with Crippen LogP contribution in [0.15, 0.2) is 204 Å². The maximum atomic E-state index is 13.7. The summed E-state index contributed by atoms with van der Waals surface area (Å²) in [6, 6.07) is 58.9. The lowest BCUT2D eigenvalue weighted by molar-refractivity contribution is -0.134. The number of aliphatic hydroxyl groups is 1. The molecule has 1 saturated heterocycles. The first-order valence-corrected chi connectivity index (χ1v) is 19.9. The molecule has 0 bridgehead atoms. The van der Waals surface area contributed by atoms with Crippen LogP contribution in [0.1, 0.15) is 45.2 Å². The summed E-state index contributed by atoms with van der Waals surface area (Å²) in [6.45, 7) is -0.140. The highest BCUT2D eigenvalue weighted by molar-refractivity contribution is 5.86. The van der Waals surface area contributed by atoms with Crippen LogP contribution in [0.4, 0.5) is 0 Å². The summed E-state index contributed by atoms with van der Waals surface area (Å²) >= 11 is 0. The average Bonchev–Trinajstić information content (AvgIpc) is 3.63. The Morgan fingerprint density at radius 2 is 1.05 bits per heavy atom. The van der Waals surface area contributed by atoms with E-state index in [0.29, 0.717) is 0 Å². The molecule has 10 nitrogen and oxygen atoms in total. The summed E-state index contributed by atoms with van der Waals surface area (Å²) in [7, 11) is 1.21. The Hall–Kier alpha value is -6.95. The summed E-state index contributed by atoms with van der Waals surface area (Å²) in [5, 5.41) is 12.6. The fourth-order valence-corrected chi connectivity index (χ4v) is 8.17. The topological polar surface area (TPSA) is 129 Å². The molecular formula is C51H44N2O8. The molecule has 0 saturated carbocycles. The quantitative estimate of drug-likeness (QED) is 0.0663. The zero-order chi connectivity index (χ0) is 42.2. The van der Waals surface area contributed by atoms with Crippen molar-refractivity contribution in [3.8, 4) is 0 Å². The third-order valence-electron chi connectivity index (χ3n) is 11.0. The molecule has 2 heterocycles. The second-order valence-electron chi connectivity index (χ2n) is 14.6. The third-order valence-corrected chi connectivity index (χ3v) is 11.0. The Bertz CT molecular complexity index is 2480. The molecule has 306 valence electrons. The van der Waals surface area contributed by atoms with Crippen LogP contribution in [0.3, 0.4) is 0 Å². The molecule has 2 N–H and O–H groups in total. The predicted molar refractivity (Wildman–Crippen MR) is 232 cm³/mol. The number of rotatable bonds is 14. The maximum absolute atomic E-state index is 13.7. The van der Waals surface area contributed by atoms with Gasteiger partial charge >= 0.3 is 11.7 Å². The molecule has 1 aromatic heterocycles. The van der Waals surface area contributed by atoms with Gasteiger partial charge in [0.1, 0.15) is 29.5 Å². The van der Waals surface area contributed by atoms with E-state index >= 15 is 0 Å². The number of nitrogens with one attached hydrogen (secondary N) is 1. The molecule has 0 aliphatic carbocycles. The van der Waals surface area contributed by atoms with Gasteiger partial charge in [0.05, 0.1) is 19.3 Å². The minimum Gasteiger partial charge on any atom is -0.466 e. The number of carbonyl (C=O) groups is 1. The summed E-state index contributed by atoms with van der Waals surface area (Å²) in [6.07, 6.45) is -1.54. The molecule has 0 amide bonds. The zero-order valence-corrected chi connectivity index (χ0v) is 33.3.